The number of nitrogens with zero attached hydrogens (tertiary/aromatic N) is 2. The van der Waals surface area contributed by atoms with Gasteiger partial charge in [-0.15, -0.1) is 0 Å². The first-order valence-electron chi connectivity index (χ1n) is 7.65. The number of H-pyrrole nitrogens is 1. The molecule has 1 N–H and O–H groups in total. The van der Waals surface area contributed by atoms with E-state index in [0.717, 1.165) is 17.8 Å². The molecule has 0 fully saturated rings. The van der Waals surface area contributed by atoms with E-state index in [1.54, 1.807) is 0 Å². The molecule has 1 atom stereocenters. The van der Waals surface area contributed by atoms with Crippen molar-refractivity contribution in [3.63, 3.8) is 0 Å². The Balaban J connectivity index is 2.09. The van der Waals surface area contributed by atoms with Gasteiger partial charge in [0.15, 0.2) is 0 Å². The standard InChI is InChI=1S/C19H21N3/c1-3-22(2)19(16-12-8-5-9-13-16)17-14-20-21-18(17)15-10-6-4-7-11-15/h4-14,19H,3H2,1-2H3,(H,20,21). The van der Waals surface area contributed by atoms with Gasteiger partial charge >= 0.3 is 0 Å². The zero-order chi connectivity index (χ0) is 15.4. The first-order chi connectivity index (χ1) is 10.8. The van der Waals surface area contributed by atoms with Crippen LogP contribution in [0.15, 0.2) is 66.9 Å². The normalized spacial score (nSPS) is 12.5. The van der Waals surface area contributed by atoms with Gasteiger partial charge in [-0.25, -0.2) is 0 Å². The van der Waals surface area contributed by atoms with E-state index in [1.165, 1.54) is 11.1 Å². The lowest BCUT2D eigenvalue weighted by atomic mass is 9.95. The number of hydrogen-bond acceptors (Lipinski definition) is 2. The number of aromatic nitrogens is 2. The van der Waals surface area contributed by atoms with Crippen LogP contribution in [0, 0.1) is 0 Å². The van der Waals surface area contributed by atoms with E-state index >= 15 is 0 Å². The van der Waals surface area contributed by atoms with Gasteiger partial charge in [-0.05, 0) is 19.2 Å². The minimum atomic E-state index is 0.195. The summed E-state index contributed by atoms with van der Waals surface area (Å²) < 4.78 is 0. The largest absolute Gasteiger partial charge is 0.296 e. The van der Waals surface area contributed by atoms with E-state index in [0.29, 0.717) is 0 Å². The van der Waals surface area contributed by atoms with Crippen molar-refractivity contribution in [2.24, 2.45) is 0 Å². The maximum Gasteiger partial charge on any atom is 0.0972 e. The molecule has 3 rings (SSSR count). The van der Waals surface area contributed by atoms with Gasteiger partial charge in [0.05, 0.1) is 11.7 Å². The van der Waals surface area contributed by atoms with E-state index in [4.69, 9.17) is 0 Å². The summed E-state index contributed by atoms with van der Waals surface area (Å²) in [6.07, 6.45) is 2.02. The third-order valence-electron chi connectivity index (χ3n) is 4.07. The monoisotopic (exact) mass is 291 g/mol. The molecule has 3 heteroatoms. The molecule has 0 spiro atoms. The molecule has 0 bridgehead atoms. The molecule has 0 aliphatic carbocycles. The van der Waals surface area contributed by atoms with E-state index in [1.807, 2.05) is 12.3 Å². The molecule has 0 aliphatic heterocycles. The molecular weight excluding hydrogens is 270 g/mol. The van der Waals surface area contributed by atoms with Gasteiger partial charge in [0.25, 0.3) is 0 Å². The minimum absolute atomic E-state index is 0.195. The summed E-state index contributed by atoms with van der Waals surface area (Å²) in [7, 11) is 2.15. The molecule has 1 aromatic heterocycles. The van der Waals surface area contributed by atoms with Crippen molar-refractivity contribution in [2.45, 2.75) is 13.0 Å². The highest BCUT2D eigenvalue weighted by Crippen LogP contribution is 2.33. The molecule has 3 nitrogen and oxygen atoms in total. The molecule has 3 aromatic rings. The first kappa shape index (κ1) is 14.5. The summed E-state index contributed by atoms with van der Waals surface area (Å²) in [5, 5.41) is 7.55. The molecule has 0 radical (unpaired) electrons. The third-order valence-corrected chi connectivity index (χ3v) is 4.07. The first-order valence-corrected chi connectivity index (χ1v) is 7.65. The van der Waals surface area contributed by atoms with Gasteiger partial charge in [-0.1, -0.05) is 67.6 Å². The van der Waals surface area contributed by atoms with E-state index in [-0.39, 0.29) is 6.04 Å². The van der Waals surface area contributed by atoms with Crippen LogP contribution in [0.3, 0.4) is 0 Å². The summed E-state index contributed by atoms with van der Waals surface area (Å²) in [6.45, 7) is 3.15. The Hall–Kier alpha value is -2.39. The minimum Gasteiger partial charge on any atom is -0.296 e. The lowest BCUT2D eigenvalue weighted by Crippen LogP contribution is -2.25. The molecule has 1 heterocycles. The van der Waals surface area contributed by atoms with Crippen molar-refractivity contribution in [1.82, 2.24) is 15.1 Å². The Morgan fingerprint density at radius 1 is 1.00 bits per heavy atom. The van der Waals surface area contributed by atoms with E-state index < -0.39 is 0 Å². The van der Waals surface area contributed by atoms with Gasteiger partial charge in [0, 0.05) is 17.3 Å². The SMILES string of the molecule is CCN(C)C(c1ccccc1)c1c[nH]nc1-c1ccccc1. The van der Waals surface area contributed by atoms with Gasteiger partial charge in [0.2, 0.25) is 0 Å². The molecule has 0 saturated heterocycles. The van der Waals surface area contributed by atoms with Crippen LogP contribution in [0.1, 0.15) is 24.1 Å². The Morgan fingerprint density at radius 3 is 2.27 bits per heavy atom. The fraction of sp³-hybridized carbons (Fsp3) is 0.211. The zero-order valence-corrected chi connectivity index (χ0v) is 13.0. The Bertz CT molecular complexity index is 704. The van der Waals surface area contributed by atoms with Crippen molar-refractivity contribution in [1.29, 1.82) is 0 Å². The maximum absolute atomic E-state index is 4.50. The predicted octanol–water partition coefficient (Wildman–Crippen LogP) is 4.12. The quantitative estimate of drug-likeness (QED) is 0.767. The average Bonchev–Trinajstić information content (AvgIpc) is 3.06. The molecular formula is C19H21N3. The van der Waals surface area contributed by atoms with Crippen molar-refractivity contribution >= 4 is 0 Å². The summed E-state index contributed by atoms with van der Waals surface area (Å²) in [6, 6.07) is 21.1. The van der Waals surface area contributed by atoms with Gasteiger partial charge in [-0.2, -0.15) is 5.10 Å². The molecule has 0 amide bonds. The van der Waals surface area contributed by atoms with Gasteiger partial charge in [0.1, 0.15) is 0 Å². The van der Waals surface area contributed by atoms with Crippen molar-refractivity contribution in [3.8, 4) is 11.3 Å². The third kappa shape index (κ3) is 2.81. The van der Waals surface area contributed by atoms with Gasteiger partial charge < -0.3 is 0 Å². The van der Waals surface area contributed by atoms with Crippen LogP contribution in [0.4, 0.5) is 0 Å². The van der Waals surface area contributed by atoms with E-state index in [9.17, 15) is 0 Å². The average molecular weight is 291 g/mol. The number of nitrogens with one attached hydrogen (secondary N) is 1. The highest BCUT2D eigenvalue weighted by molar-refractivity contribution is 5.64. The van der Waals surface area contributed by atoms with Crippen LogP contribution in [0.2, 0.25) is 0 Å². The Kier molecular flexibility index (Phi) is 4.35. The topological polar surface area (TPSA) is 31.9 Å². The number of benzene rings is 2. The second-order valence-corrected chi connectivity index (χ2v) is 5.44. The molecule has 1 unspecified atom stereocenters. The van der Waals surface area contributed by atoms with Crippen LogP contribution < -0.4 is 0 Å². The Morgan fingerprint density at radius 2 is 1.64 bits per heavy atom. The van der Waals surface area contributed by atoms with Crippen molar-refractivity contribution in [2.75, 3.05) is 13.6 Å². The zero-order valence-electron chi connectivity index (χ0n) is 13.0. The number of hydrogen-bond donors (Lipinski definition) is 1. The number of aromatic amines is 1. The molecule has 0 saturated carbocycles. The van der Waals surface area contributed by atoms with Gasteiger partial charge in [-0.3, -0.25) is 10.00 Å². The van der Waals surface area contributed by atoms with Crippen LogP contribution in [0.25, 0.3) is 11.3 Å². The second-order valence-electron chi connectivity index (χ2n) is 5.44. The molecule has 112 valence electrons. The highest BCUT2D eigenvalue weighted by atomic mass is 15.2. The molecule has 22 heavy (non-hydrogen) atoms. The summed E-state index contributed by atoms with van der Waals surface area (Å²) in [4.78, 5) is 2.34. The smallest absolute Gasteiger partial charge is 0.0972 e. The van der Waals surface area contributed by atoms with Crippen LogP contribution >= 0.6 is 0 Å². The fourth-order valence-electron chi connectivity index (χ4n) is 2.82. The predicted molar refractivity (Wildman–Crippen MR) is 90.6 cm³/mol. The summed E-state index contributed by atoms with van der Waals surface area (Å²) in [5.74, 6) is 0. The second kappa shape index (κ2) is 6.58. The molecule has 0 aliphatic rings. The van der Waals surface area contributed by atoms with E-state index in [2.05, 4.69) is 83.7 Å². The maximum atomic E-state index is 4.50. The van der Waals surface area contributed by atoms with Crippen LogP contribution in [-0.2, 0) is 0 Å². The highest BCUT2D eigenvalue weighted by Gasteiger charge is 2.23. The number of rotatable bonds is 5. The van der Waals surface area contributed by atoms with Crippen molar-refractivity contribution < 1.29 is 0 Å². The lowest BCUT2D eigenvalue weighted by Gasteiger charge is -2.27. The Labute approximate surface area is 131 Å². The summed E-state index contributed by atoms with van der Waals surface area (Å²) in [5.41, 5.74) is 4.66. The molecule has 2 aromatic carbocycles. The van der Waals surface area contributed by atoms with Crippen molar-refractivity contribution in [3.05, 3.63) is 78.0 Å². The summed E-state index contributed by atoms with van der Waals surface area (Å²) >= 11 is 0. The lowest BCUT2D eigenvalue weighted by molar-refractivity contribution is 0.295. The van der Waals surface area contributed by atoms with Crippen LogP contribution in [-0.4, -0.2) is 28.7 Å². The fourth-order valence-corrected chi connectivity index (χ4v) is 2.82. The van der Waals surface area contributed by atoms with Crippen LogP contribution in [0.5, 0.6) is 0 Å².